The summed E-state index contributed by atoms with van der Waals surface area (Å²) in [5.41, 5.74) is 0.166. The smallest absolute Gasteiger partial charge is 0.251 e. The van der Waals surface area contributed by atoms with Crippen molar-refractivity contribution >= 4 is 11.8 Å². The van der Waals surface area contributed by atoms with E-state index in [1.54, 1.807) is 0 Å². The second-order valence-corrected chi connectivity index (χ2v) is 10.9. The zero-order valence-corrected chi connectivity index (χ0v) is 20.1. The Labute approximate surface area is 187 Å². The number of rotatable bonds is 7. The fourth-order valence-corrected chi connectivity index (χ4v) is 4.08. The van der Waals surface area contributed by atoms with Crippen LogP contribution in [-0.2, 0) is 11.2 Å². The van der Waals surface area contributed by atoms with E-state index in [1.807, 2.05) is 65.8 Å². The van der Waals surface area contributed by atoms with Crippen LogP contribution in [0.15, 0.2) is 24.3 Å². The number of amides is 2. The van der Waals surface area contributed by atoms with Crippen molar-refractivity contribution in [2.24, 2.45) is 0 Å². The van der Waals surface area contributed by atoms with Crippen molar-refractivity contribution in [1.82, 2.24) is 16.0 Å². The van der Waals surface area contributed by atoms with Crippen LogP contribution >= 0.6 is 0 Å². The number of hydrogen-bond acceptors (Lipinski definition) is 4. The normalized spacial score (nSPS) is 20.7. The van der Waals surface area contributed by atoms with Gasteiger partial charge in [0.2, 0.25) is 5.91 Å². The second kappa shape index (κ2) is 10.1. The van der Waals surface area contributed by atoms with Gasteiger partial charge in [-0.05, 0) is 91.8 Å². The van der Waals surface area contributed by atoms with Crippen molar-refractivity contribution in [3.8, 4) is 0 Å². The molecule has 0 aliphatic carbocycles. The second-order valence-electron chi connectivity index (χ2n) is 10.9. The van der Waals surface area contributed by atoms with Crippen LogP contribution < -0.4 is 16.0 Å². The lowest BCUT2D eigenvalue weighted by atomic mass is 9.81. The first-order chi connectivity index (χ1) is 14.3. The molecule has 2 rings (SSSR count). The molecule has 174 valence electrons. The summed E-state index contributed by atoms with van der Waals surface area (Å²) in [6.07, 6.45) is 3.51. The van der Waals surface area contributed by atoms with Gasteiger partial charge in [-0.1, -0.05) is 18.2 Å². The summed E-state index contributed by atoms with van der Waals surface area (Å²) in [5.74, 6) is -0.142. The molecule has 0 bridgehead atoms. The lowest BCUT2D eigenvalue weighted by molar-refractivity contribution is -0.131. The molecule has 1 aromatic carbocycles. The summed E-state index contributed by atoms with van der Waals surface area (Å²) < 4.78 is 0. The monoisotopic (exact) mass is 431 g/mol. The van der Waals surface area contributed by atoms with Gasteiger partial charge in [0.15, 0.2) is 0 Å². The molecule has 31 heavy (non-hydrogen) atoms. The third kappa shape index (κ3) is 7.93. The third-order valence-electron chi connectivity index (χ3n) is 5.50. The molecule has 1 saturated heterocycles. The first-order valence-electron chi connectivity index (χ1n) is 11.5. The fourth-order valence-electron chi connectivity index (χ4n) is 4.08. The molecule has 1 aliphatic rings. The minimum atomic E-state index is -0.742. The Bertz CT molecular complexity index is 756. The minimum Gasteiger partial charge on any atom is -0.393 e. The van der Waals surface area contributed by atoms with E-state index >= 15 is 0 Å². The molecule has 1 fully saturated rings. The largest absolute Gasteiger partial charge is 0.393 e. The molecular weight excluding hydrogens is 390 g/mol. The molecular formula is C25H41N3O3. The van der Waals surface area contributed by atoms with Gasteiger partial charge in [0.1, 0.15) is 5.54 Å². The van der Waals surface area contributed by atoms with E-state index in [-0.39, 0.29) is 22.9 Å². The lowest BCUT2D eigenvalue weighted by Crippen LogP contribution is -2.63. The van der Waals surface area contributed by atoms with Crippen molar-refractivity contribution in [3.05, 3.63) is 35.4 Å². The summed E-state index contributed by atoms with van der Waals surface area (Å²) in [4.78, 5) is 25.8. The lowest BCUT2D eigenvalue weighted by Gasteiger charge is -2.40. The Morgan fingerprint density at radius 2 is 1.71 bits per heavy atom. The van der Waals surface area contributed by atoms with Crippen LogP contribution in [0, 0.1) is 0 Å². The number of hydrogen-bond donors (Lipinski definition) is 4. The fraction of sp³-hybridized carbons (Fsp3) is 0.680. The molecule has 0 radical (unpaired) electrons. The Balaban J connectivity index is 2.07. The van der Waals surface area contributed by atoms with Crippen molar-refractivity contribution in [1.29, 1.82) is 0 Å². The van der Waals surface area contributed by atoms with E-state index < -0.39 is 11.6 Å². The van der Waals surface area contributed by atoms with Gasteiger partial charge >= 0.3 is 0 Å². The van der Waals surface area contributed by atoms with Gasteiger partial charge < -0.3 is 21.1 Å². The van der Waals surface area contributed by atoms with Gasteiger partial charge in [0, 0.05) is 23.1 Å². The number of benzene rings is 1. The van der Waals surface area contributed by atoms with Crippen LogP contribution in [-0.4, -0.2) is 46.2 Å². The molecule has 6 heteroatoms. The molecule has 6 nitrogen and oxygen atoms in total. The van der Waals surface area contributed by atoms with Crippen LogP contribution in [0.5, 0.6) is 0 Å². The molecule has 0 saturated carbocycles. The average Bonchev–Trinajstić information content (AvgIpc) is 2.64. The molecule has 1 aliphatic heterocycles. The molecule has 2 amide bonds. The zero-order valence-electron chi connectivity index (χ0n) is 20.1. The van der Waals surface area contributed by atoms with Crippen LogP contribution in [0.25, 0.3) is 0 Å². The Kier molecular flexibility index (Phi) is 8.28. The molecule has 2 atom stereocenters. The predicted octanol–water partition coefficient (Wildman–Crippen LogP) is 3.33. The maximum absolute atomic E-state index is 13.1. The Morgan fingerprint density at radius 1 is 1.06 bits per heavy atom. The molecule has 1 heterocycles. The first kappa shape index (κ1) is 25.3. The quantitative estimate of drug-likeness (QED) is 0.533. The maximum Gasteiger partial charge on any atom is 0.251 e. The first-order valence-corrected chi connectivity index (χ1v) is 11.5. The highest BCUT2D eigenvalue weighted by Crippen LogP contribution is 2.27. The van der Waals surface area contributed by atoms with Gasteiger partial charge in [-0.2, -0.15) is 0 Å². The highest BCUT2D eigenvalue weighted by atomic mass is 16.3. The van der Waals surface area contributed by atoms with E-state index in [9.17, 15) is 14.7 Å². The van der Waals surface area contributed by atoms with Gasteiger partial charge in [0.25, 0.3) is 5.91 Å². The molecule has 0 spiro atoms. The van der Waals surface area contributed by atoms with Gasteiger partial charge in [-0.25, -0.2) is 0 Å². The minimum absolute atomic E-state index is 0.0382. The maximum atomic E-state index is 13.1. The van der Waals surface area contributed by atoms with Crippen molar-refractivity contribution in [2.45, 2.75) is 103 Å². The van der Waals surface area contributed by atoms with Gasteiger partial charge in [-0.15, -0.1) is 0 Å². The van der Waals surface area contributed by atoms with Gasteiger partial charge in [-0.3, -0.25) is 9.59 Å². The third-order valence-corrected chi connectivity index (χ3v) is 5.50. The van der Waals surface area contributed by atoms with Gasteiger partial charge in [0.05, 0.1) is 6.10 Å². The number of piperidine rings is 1. The zero-order chi connectivity index (χ0) is 23.3. The molecule has 4 N–H and O–H groups in total. The van der Waals surface area contributed by atoms with Crippen molar-refractivity contribution < 1.29 is 14.7 Å². The van der Waals surface area contributed by atoms with Crippen molar-refractivity contribution in [3.63, 3.8) is 0 Å². The number of nitrogens with one attached hydrogen (secondary N) is 3. The number of aliphatic hydroxyl groups excluding tert-OH is 1. The van der Waals surface area contributed by atoms with Crippen molar-refractivity contribution in [2.75, 3.05) is 6.54 Å². The molecule has 1 aromatic rings. The van der Waals surface area contributed by atoms with E-state index in [1.165, 1.54) is 0 Å². The Hall–Kier alpha value is -1.92. The molecule has 1 unspecified atom stereocenters. The van der Waals surface area contributed by atoms with E-state index in [0.717, 1.165) is 31.4 Å². The average molecular weight is 432 g/mol. The number of aryl methyl sites for hydroxylation is 1. The number of aliphatic hydroxyl groups is 1. The summed E-state index contributed by atoms with van der Waals surface area (Å²) in [6.45, 7) is 12.6. The number of carbonyl (C=O) groups excluding carboxylic acids is 2. The van der Waals surface area contributed by atoms with Crippen LogP contribution in [0.2, 0.25) is 0 Å². The van der Waals surface area contributed by atoms with E-state index in [4.69, 9.17) is 0 Å². The summed E-state index contributed by atoms with van der Waals surface area (Å²) in [7, 11) is 0. The van der Waals surface area contributed by atoms with Crippen LogP contribution in [0.4, 0.5) is 0 Å². The highest BCUT2D eigenvalue weighted by Gasteiger charge is 2.42. The van der Waals surface area contributed by atoms with Crippen LogP contribution in [0.1, 0.15) is 89.6 Å². The van der Waals surface area contributed by atoms with E-state index in [2.05, 4.69) is 16.0 Å². The SMILES string of the molecule is CC(C)(C)NC(=O)c1ccccc1CC[C@H](O)CC1(C(=O)NC(C)(C)C)CCCCN1. The summed E-state index contributed by atoms with van der Waals surface area (Å²) in [5, 5.41) is 20.4. The highest BCUT2D eigenvalue weighted by molar-refractivity contribution is 5.96. The Morgan fingerprint density at radius 3 is 2.29 bits per heavy atom. The van der Waals surface area contributed by atoms with Crippen LogP contribution in [0.3, 0.4) is 0 Å². The summed E-state index contributed by atoms with van der Waals surface area (Å²) in [6, 6.07) is 7.53. The number of carbonyl (C=O) groups is 2. The standard InChI is InChI=1S/C25H41N3O3/c1-23(2,3)27-21(30)20-12-8-7-11-18(20)13-14-19(29)17-25(15-9-10-16-26-25)22(31)28-24(4,5)6/h7-8,11-12,19,26,29H,9-10,13-17H2,1-6H3,(H,27,30)(H,28,31)/t19-,25?/m0/s1. The summed E-state index contributed by atoms with van der Waals surface area (Å²) >= 11 is 0. The van der Waals surface area contributed by atoms with E-state index in [0.29, 0.717) is 24.8 Å². The molecule has 0 aromatic heterocycles. The predicted molar refractivity (Wildman–Crippen MR) is 125 cm³/mol. The topological polar surface area (TPSA) is 90.5 Å².